The van der Waals surface area contributed by atoms with Crippen molar-refractivity contribution in [2.24, 2.45) is 0 Å². The van der Waals surface area contributed by atoms with Crippen molar-refractivity contribution in [3.05, 3.63) is 64.6 Å². The number of aryl methyl sites for hydroxylation is 1. The van der Waals surface area contributed by atoms with Gasteiger partial charge in [0.1, 0.15) is 11.4 Å². The Hall–Kier alpha value is -2.86. The number of fused-ring (bicyclic) bond motifs is 1. The predicted octanol–water partition coefficient (Wildman–Crippen LogP) is 4.22. The van der Waals surface area contributed by atoms with Crippen molar-refractivity contribution in [3.63, 3.8) is 0 Å². The molecule has 3 rings (SSSR count). The summed E-state index contributed by atoms with van der Waals surface area (Å²) < 4.78 is 18.3. The van der Waals surface area contributed by atoms with Gasteiger partial charge in [0.05, 0.1) is 12.7 Å². The van der Waals surface area contributed by atoms with Crippen LogP contribution in [-0.2, 0) is 16.0 Å². The lowest BCUT2D eigenvalue weighted by Gasteiger charge is -2.07. The number of carbonyl (C=O) groups excluding carboxylic acids is 2. The fourth-order valence-electron chi connectivity index (χ4n) is 2.65. The van der Waals surface area contributed by atoms with Crippen molar-refractivity contribution < 1.29 is 18.4 Å². The van der Waals surface area contributed by atoms with Gasteiger partial charge in [-0.25, -0.2) is 4.39 Å². The minimum Gasteiger partial charge on any atom is -0.464 e. The molecule has 0 spiro atoms. The van der Waals surface area contributed by atoms with Gasteiger partial charge in [0.15, 0.2) is 0 Å². The van der Waals surface area contributed by atoms with Crippen LogP contribution in [0.2, 0.25) is 5.02 Å². The second-order valence-corrected chi connectivity index (χ2v) is 6.60. The number of hydrogen-bond acceptors (Lipinski definition) is 3. The average Bonchev–Trinajstić information content (AvgIpc) is 2.99. The van der Waals surface area contributed by atoms with E-state index < -0.39 is 0 Å². The number of carbonyl (C=O) groups is 2. The molecule has 0 saturated carbocycles. The smallest absolute Gasteiger partial charge is 0.226 e. The first-order valence-electron chi connectivity index (χ1n) is 8.40. The molecule has 2 aromatic carbocycles. The summed E-state index contributed by atoms with van der Waals surface area (Å²) >= 11 is 6.14. The molecular formula is C20H18ClFN2O3. The topological polar surface area (TPSA) is 71.3 Å². The number of anilines is 1. The number of furan rings is 1. The van der Waals surface area contributed by atoms with Crippen molar-refractivity contribution in [1.82, 2.24) is 5.32 Å². The molecule has 0 radical (unpaired) electrons. The molecule has 0 bridgehead atoms. The van der Waals surface area contributed by atoms with Gasteiger partial charge in [0, 0.05) is 34.6 Å². The molecule has 0 saturated heterocycles. The monoisotopic (exact) mass is 388 g/mol. The van der Waals surface area contributed by atoms with Crippen LogP contribution in [0.1, 0.15) is 17.5 Å². The third kappa shape index (κ3) is 4.86. The first-order chi connectivity index (χ1) is 12.9. The van der Waals surface area contributed by atoms with Gasteiger partial charge < -0.3 is 15.1 Å². The number of amides is 2. The Balaban J connectivity index is 1.49. The largest absolute Gasteiger partial charge is 0.464 e. The number of hydrogen-bond donors (Lipinski definition) is 2. The zero-order valence-electron chi connectivity index (χ0n) is 14.6. The van der Waals surface area contributed by atoms with Crippen LogP contribution in [0.4, 0.5) is 10.1 Å². The summed E-state index contributed by atoms with van der Waals surface area (Å²) in [6, 6.07) is 9.10. The lowest BCUT2D eigenvalue weighted by atomic mass is 10.1. The van der Waals surface area contributed by atoms with Crippen molar-refractivity contribution in [3.8, 4) is 0 Å². The molecular weight excluding hydrogens is 371 g/mol. The first-order valence-corrected chi connectivity index (χ1v) is 8.78. The van der Waals surface area contributed by atoms with Crippen molar-refractivity contribution in [2.45, 2.75) is 19.8 Å². The Morgan fingerprint density at radius 1 is 1.15 bits per heavy atom. The highest BCUT2D eigenvalue weighted by molar-refractivity contribution is 6.32. The van der Waals surface area contributed by atoms with Gasteiger partial charge in [0.2, 0.25) is 11.8 Å². The summed E-state index contributed by atoms with van der Waals surface area (Å²) in [5, 5.41) is 6.76. The maximum Gasteiger partial charge on any atom is 0.226 e. The van der Waals surface area contributed by atoms with E-state index in [0.29, 0.717) is 16.3 Å². The fourth-order valence-corrected chi connectivity index (χ4v) is 2.81. The quantitative estimate of drug-likeness (QED) is 0.664. The zero-order valence-corrected chi connectivity index (χ0v) is 15.4. The molecule has 2 N–H and O–H groups in total. The van der Waals surface area contributed by atoms with Crippen LogP contribution in [0.3, 0.4) is 0 Å². The number of rotatable bonds is 6. The highest BCUT2D eigenvalue weighted by Crippen LogP contribution is 2.27. The van der Waals surface area contributed by atoms with E-state index in [9.17, 15) is 14.0 Å². The Morgan fingerprint density at radius 3 is 2.63 bits per heavy atom. The summed E-state index contributed by atoms with van der Waals surface area (Å²) in [5.74, 6) is -0.856. The maximum absolute atomic E-state index is 12.8. The van der Waals surface area contributed by atoms with Crippen molar-refractivity contribution in [2.75, 3.05) is 11.9 Å². The second kappa shape index (κ2) is 8.22. The normalized spacial score (nSPS) is 10.8. The lowest BCUT2D eigenvalue weighted by Crippen LogP contribution is -2.28. The van der Waals surface area contributed by atoms with Crippen LogP contribution >= 0.6 is 11.6 Å². The Labute approximate surface area is 160 Å². The standard InChI is InChI=1S/C20H18ClFN2O3/c1-12-8-18-16(10-17(12)21)13(11-27-18)9-20(26)23-7-6-19(25)24-15-4-2-14(22)3-5-15/h2-5,8,10-11H,6-7,9H2,1H3,(H,23,26)(H,24,25). The highest BCUT2D eigenvalue weighted by atomic mass is 35.5. The van der Waals surface area contributed by atoms with E-state index in [1.807, 2.05) is 13.0 Å². The minimum absolute atomic E-state index is 0.111. The third-order valence-electron chi connectivity index (χ3n) is 4.09. The predicted molar refractivity (Wildman–Crippen MR) is 102 cm³/mol. The van der Waals surface area contributed by atoms with Gasteiger partial charge in [-0.3, -0.25) is 9.59 Å². The average molecular weight is 389 g/mol. The Kier molecular flexibility index (Phi) is 5.76. The van der Waals surface area contributed by atoms with Gasteiger partial charge >= 0.3 is 0 Å². The lowest BCUT2D eigenvalue weighted by molar-refractivity contribution is -0.120. The van der Waals surface area contributed by atoms with Crippen LogP contribution < -0.4 is 10.6 Å². The van der Waals surface area contributed by atoms with Gasteiger partial charge in [0.25, 0.3) is 0 Å². The van der Waals surface area contributed by atoms with Crippen molar-refractivity contribution >= 4 is 40.1 Å². The van der Waals surface area contributed by atoms with E-state index in [-0.39, 0.29) is 37.0 Å². The first kappa shape index (κ1) is 18.9. The summed E-state index contributed by atoms with van der Waals surface area (Å²) in [7, 11) is 0. The van der Waals surface area contributed by atoms with Crippen LogP contribution in [0, 0.1) is 12.7 Å². The van der Waals surface area contributed by atoms with Gasteiger partial charge in [-0.1, -0.05) is 11.6 Å². The highest BCUT2D eigenvalue weighted by Gasteiger charge is 2.12. The SMILES string of the molecule is Cc1cc2occ(CC(=O)NCCC(=O)Nc3ccc(F)cc3)c2cc1Cl. The number of halogens is 2. The molecule has 1 aromatic heterocycles. The van der Waals surface area contributed by atoms with E-state index in [2.05, 4.69) is 10.6 Å². The van der Waals surface area contributed by atoms with Crippen LogP contribution in [0.5, 0.6) is 0 Å². The van der Waals surface area contributed by atoms with Crippen LogP contribution in [-0.4, -0.2) is 18.4 Å². The van der Waals surface area contributed by atoms with E-state index in [1.165, 1.54) is 24.3 Å². The van der Waals surface area contributed by atoms with Crippen molar-refractivity contribution in [1.29, 1.82) is 0 Å². The maximum atomic E-state index is 12.8. The molecule has 0 atom stereocenters. The van der Waals surface area contributed by atoms with Crippen LogP contribution in [0.25, 0.3) is 11.0 Å². The second-order valence-electron chi connectivity index (χ2n) is 6.19. The molecule has 0 unspecified atom stereocenters. The number of nitrogens with one attached hydrogen (secondary N) is 2. The molecule has 0 aliphatic carbocycles. The third-order valence-corrected chi connectivity index (χ3v) is 4.50. The molecule has 3 aromatic rings. The van der Waals surface area contributed by atoms with Gasteiger partial charge in [-0.2, -0.15) is 0 Å². The van der Waals surface area contributed by atoms with Gasteiger partial charge in [-0.05, 0) is 48.9 Å². The minimum atomic E-state index is -0.372. The molecule has 2 amide bonds. The molecule has 0 fully saturated rings. The molecule has 0 aliphatic heterocycles. The molecule has 0 aliphatic rings. The Bertz CT molecular complexity index is 983. The summed E-state index contributed by atoms with van der Waals surface area (Å²) in [6.45, 7) is 2.08. The van der Waals surface area contributed by atoms with E-state index in [1.54, 1.807) is 12.3 Å². The van der Waals surface area contributed by atoms with E-state index >= 15 is 0 Å². The van der Waals surface area contributed by atoms with Crippen LogP contribution in [0.15, 0.2) is 47.1 Å². The molecule has 7 heteroatoms. The fraction of sp³-hybridized carbons (Fsp3) is 0.200. The molecule has 27 heavy (non-hydrogen) atoms. The van der Waals surface area contributed by atoms with E-state index in [4.69, 9.17) is 16.0 Å². The molecule has 1 heterocycles. The van der Waals surface area contributed by atoms with E-state index in [0.717, 1.165) is 16.5 Å². The zero-order chi connectivity index (χ0) is 19.4. The Morgan fingerprint density at radius 2 is 1.89 bits per heavy atom. The summed E-state index contributed by atoms with van der Waals surface area (Å²) in [4.78, 5) is 24.0. The molecule has 140 valence electrons. The summed E-state index contributed by atoms with van der Waals surface area (Å²) in [6.07, 6.45) is 1.79. The molecule has 5 nitrogen and oxygen atoms in total. The summed E-state index contributed by atoms with van der Waals surface area (Å²) in [5.41, 5.74) is 2.82. The van der Waals surface area contributed by atoms with Gasteiger partial charge in [-0.15, -0.1) is 0 Å². The number of benzene rings is 2.